The Labute approximate surface area is 103 Å². The minimum atomic E-state index is -0.480. The van der Waals surface area contributed by atoms with Crippen molar-refractivity contribution in [2.24, 2.45) is 0 Å². The number of aromatic amines is 1. The van der Waals surface area contributed by atoms with Crippen LogP contribution >= 0.6 is 0 Å². The zero-order valence-corrected chi connectivity index (χ0v) is 9.73. The molecule has 0 fully saturated rings. The predicted molar refractivity (Wildman–Crippen MR) is 67.9 cm³/mol. The molecule has 0 spiro atoms. The summed E-state index contributed by atoms with van der Waals surface area (Å²) in [4.78, 5) is 25.3. The smallest absolute Gasteiger partial charge is 0.272 e. The molecule has 1 aromatic carbocycles. The second-order valence-electron chi connectivity index (χ2n) is 3.90. The van der Waals surface area contributed by atoms with Gasteiger partial charge in [0.15, 0.2) is 0 Å². The number of amides is 1. The number of hydrogen-bond donors (Lipinski definition) is 3. The largest absolute Gasteiger partial charge is 0.506 e. The van der Waals surface area contributed by atoms with E-state index in [0.29, 0.717) is 5.69 Å². The van der Waals surface area contributed by atoms with Gasteiger partial charge in [-0.25, -0.2) is 0 Å². The second-order valence-corrected chi connectivity index (χ2v) is 3.90. The quantitative estimate of drug-likeness (QED) is 0.702. The van der Waals surface area contributed by atoms with E-state index in [1.54, 1.807) is 18.2 Å². The summed E-state index contributed by atoms with van der Waals surface area (Å²) in [6.45, 7) is 1.83. The Morgan fingerprint density at radius 1 is 1.28 bits per heavy atom. The van der Waals surface area contributed by atoms with E-state index in [2.05, 4.69) is 10.3 Å². The lowest BCUT2D eigenvalue weighted by Crippen LogP contribution is -2.17. The van der Waals surface area contributed by atoms with Gasteiger partial charge in [0.05, 0.1) is 5.69 Å². The molecule has 5 heteroatoms. The SMILES string of the molecule is Cc1ccc(NC(=O)c2cccc(=O)[nH]2)c(O)c1. The van der Waals surface area contributed by atoms with Gasteiger partial charge in [0, 0.05) is 6.07 Å². The van der Waals surface area contributed by atoms with Crippen molar-refractivity contribution in [1.29, 1.82) is 0 Å². The van der Waals surface area contributed by atoms with Crippen LogP contribution in [0.5, 0.6) is 5.75 Å². The van der Waals surface area contributed by atoms with Gasteiger partial charge in [0.2, 0.25) is 5.56 Å². The number of benzene rings is 1. The summed E-state index contributed by atoms with van der Waals surface area (Å²) in [5.41, 5.74) is 0.979. The van der Waals surface area contributed by atoms with Gasteiger partial charge in [-0.2, -0.15) is 0 Å². The van der Waals surface area contributed by atoms with Crippen LogP contribution in [0.1, 0.15) is 16.1 Å². The number of rotatable bonds is 2. The predicted octanol–water partition coefficient (Wildman–Crippen LogP) is 1.64. The first kappa shape index (κ1) is 11.9. The highest BCUT2D eigenvalue weighted by molar-refractivity contribution is 6.03. The number of carbonyl (C=O) groups is 1. The lowest BCUT2D eigenvalue weighted by Gasteiger charge is -2.07. The number of pyridine rings is 1. The van der Waals surface area contributed by atoms with E-state index in [1.807, 2.05) is 6.92 Å². The topological polar surface area (TPSA) is 82.2 Å². The summed E-state index contributed by atoms with van der Waals surface area (Å²) in [7, 11) is 0. The number of phenolic OH excluding ortho intramolecular Hbond substituents is 1. The van der Waals surface area contributed by atoms with Crippen LogP contribution in [0.15, 0.2) is 41.2 Å². The summed E-state index contributed by atoms with van der Waals surface area (Å²) in [5, 5.41) is 12.2. The lowest BCUT2D eigenvalue weighted by molar-refractivity contribution is 0.102. The third-order valence-corrected chi connectivity index (χ3v) is 2.41. The maximum absolute atomic E-state index is 11.8. The molecule has 0 aliphatic heterocycles. The van der Waals surface area contributed by atoms with Gasteiger partial charge in [0.25, 0.3) is 5.91 Å². The van der Waals surface area contributed by atoms with E-state index in [9.17, 15) is 14.7 Å². The average Bonchev–Trinajstić information content (AvgIpc) is 2.32. The van der Waals surface area contributed by atoms with Crippen molar-refractivity contribution in [3.63, 3.8) is 0 Å². The first-order valence-electron chi connectivity index (χ1n) is 5.36. The maximum atomic E-state index is 11.8. The molecule has 5 nitrogen and oxygen atoms in total. The number of nitrogens with one attached hydrogen (secondary N) is 2. The van der Waals surface area contributed by atoms with Crippen molar-refractivity contribution in [3.05, 3.63) is 58.0 Å². The molecule has 18 heavy (non-hydrogen) atoms. The number of anilines is 1. The lowest BCUT2D eigenvalue weighted by atomic mass is 10.2. The van der Waals surface area contributed by atoms with E-state index in [1.165, 1.54) is 18.2 Å². The fraction of sp³-hybridized carbons (Fsp3) is 0.0769. The number of aryl methyl sites for hydroxylation is 1. The van der Waals surface area contributed by atoms with Gasteiger partial charge in [0.1, 0.15) is 11.4 Å². The van der Waals surface area contributed by atoms with Crippen LogP contribution in [-0.2, 0) is 0 Å². The summed E-state index contributed by atoms with van der Waals surface area (Å²) in [5.74, 6) is -0.492. The Morgan fingerprint density at radius 3 is 2.72 bits per heavy atom. The minimum absolute atomic E-state index is 0.0124. The molecule has 0 atom stereocenters. The van der Waals surface area contributed by atoms with Crippen LogP contribution in [0.2, 0.25) is 0 Å². The molecule has 3 N–H and O–H groups in total. The van der Waals surface area contributed by atoms with Crippen LogP contribution in [-0.4, -0.2) is 16.0 Å². The summed E-state index contributed by atoms with van der Waals surface area (Å²) < 4.78 is 0. The normalized spacial score (nSPS) is 10.1. The van der Waals surface area contributed by atoms with Gasteiger partial charge in [-0.3, -0.25) is 9.59 Å². The first-order valence-corrected chi connectivity index (χ1v) is 5.36. The summed E-state index contributed by atoms with van der Waals surface area (Å²) >= 11 is 0. The van der Waals surface area contributed by atoms with Crippen LogP contribution < -0.4 is 10.9 Å². The van der Waals surface area contributed by atoms with Crippen molar-refractivity contribution in [2.75, 3.05) is 5.32 Å². The minimum Gasteiger partial charge on any atom is -0.506 e. The van der Waals surface area contributed by atoms with Crippen molar-refractivity contribution in [2.45, 2.75) is 6.92 Å². The molecular formula is C13H12N2O3. The molecule has 0 aliphatic carbocycles. The van der Waals surface area contributed by atoms with E-state index in [0.717, 1.165) is 5.56 Å². The zero-order chi connectivity index (χ0) is 13.1. The molecule has 92 valence electrons. The van der Waals surface area contributed by atoms with Gasteiger partial charge in [-0.15, -0.1) is 0 Å². The fourth-order valence-corrected chi connectivity index (χ4v) is 1.52. The molecular weight excluding hydrogens is 232 g/mol. The van der Waals surface area contributed by atoms with Gasteiger partial charge < -0.3 is 15.4 Å². The van der Waals surface area contributed by atoms with Crippen LogP contribution in [0.25, 0.3) is 0 Å². The van der Waals surface area contributed by atoms with Gasteiger partial charge >= 0.3 is 0 Å². The van der Waals surface area contributed by atoms with E-state index in [4.69, 9.17) is 0 Å². The van der Waals surface area contributed by atoms with Crippen LogP contribution in [0.4, 0.5) is 5.69 Å². The van der Waals surface area contributed by atoms with Crippen molar-refractivity contribution in [3.8, 4) is 5.75 Å². The van der Waals surface area contributed by atoms with Crippen molar-refractivity contribution < 1.29 is 9.90 Å². The highest BCUT2D eigenvalue weighted by Crippen LogP contribution is 2.24. The van der Waals surface area contributed by atoms with Gasteiger partial charge in [-0.1, -0.05) is 12.1 Å². The molecule has 0 saturated carbocycles. The molecule has 1 amide bonds. The van der Waals surface area contributed by atoms with E-state index >= 15 is 0 Å². The zero-order valence-electron chi connectivity index (χ0n) is 9.73. The van der Waals surface area contributed by atoms with Crippen LogP contribution in [0.3, 0.4) is 0 Å². The molecule has 0 bridgehead atoms. The Balaban J connectivity index is 2.24. The molecule has 0 radical (unpaired) electrons. The molecule has 2 rings (SSSR count). The molecule has 2 aromatic rings. The Bertz CT molecular complexity index is 647. The number of H-pyrrole nitrogens is 1. The molecule has 1 heterocycles. The third-order valence-electron chi connectivity index (χ3n) is 2.41. The van der Waals surface area contributed by atoms with Gasteiger partial charge in [-0.05, 0) is 30.7 Å². The number of phenols is 1. The molecule has 1 aromatic heterocycles. The highest BCUT2D eigenvalue weighted by atomic mass is 16.3. The number of aromatic hydroxyl groups is 1. The second kappa shape index (κ2) is 4.75. The fourth-order valence-electron chi connectivity index (χ4n) is 1.52. The summed E-state index contributed by atoms with van der Waals surface area (Å²) in [6, 6.07) is 9.21. The monoisotopic (exact) mass is 244 g/mol. The Morgan fingerprint density at radius 2 is 2.06 bits per heavy atom. The van der Waals surface area contributed by atoms with E-state index < -0.39 is 5.91 Å². The standard InChI is InChI=1S/C13H12N2O3/c1-8-5-6-9(11(16)7-8)15-13(18)10-3-2-4-12(17)14-10/h2-7,16H,1H3,(H,14,17)(H,15,18). The maximum Gasteiger partial charge on any atom is 0.272 e. The first-order chi connectivity index (χ1) is 8.56. The van der Waals surface area contributed by atoms with Crippen molar-refractivity contribution in [1.82, 2.24) is 4.98 Å². The number of carbonyl (C=O) groups excluding carboxylic acids is 1. The molecule has 0 unspecified atom stereocenters. The Hall–Kier alpha value is -2.56. The Kier molecular flexibility index (Phi) is 3.14. The van der Waals surface area contributed by atoms with Crippen molar-refractivity contribution >= 4 is 11.6 Å². The van der Waals surface area contributed by atoms with Crippen LogP contribution in [0, 0.1) is 6.92 Å². The number of aromatic nitrogens is 1. The summed E-state index contributed by atoms with van der Waals surface area (Å²) in [6.07, 6.45) is 0. The molecule has 0 aliphatic rings. The van der Waals surface area contributed by atoms with E-state index in [-0.39, 0.29) is 17.0 Å². The average molecular weight is 244 g/mol. The molecule has 0 saturated heterocycles. The highest BCUT2D eigenvalue weighted by Gasteiger charge is 2.09. The number of hydrogen-bond acceptors (Lipinski definition) is 3. The third kappa shape index (κ3) is 2.57.